The summed E-state index contributed by atoms with van der Waals surface area (Å²) in [5.41, 5.74) is 6.81. The van der Waals surface area contributed by atoms with Crippen molar-refractivity contribution in [1.29, 1.82) is 0 Å². The minimum absolute atomic E-state index is 0.0147. The van der Waals surface area contributed by atoms with Crippen LogP contribution < -0.4 is 15.8 Å². The lowest BCUT2D eigenvalue weighted by molar-refractivity contribution is -0.123. The molecule has 1 atom stereocenters. The average Bonchev–Trinajstić information content (AvgIpc) is 3.18. The largest absolute Gasteiger partial charge is 0.484 e. The number of nitrogens with one attached hydrogen (secondary N) is 1. The van der Waals surface area contributed by atoms with Crippen LogP contribution in [0.5, 0.6) is 5.75 Å². The van der Waals surface area contributed by atoms with Gasteiger partial charge in [0.2, 0.25) is 0 Å². The lowest BCUT2D eigenvalue weighted by atomic mass is 10.1. The highest BCUT2D eigenvalue weighted by Crippen LogP contribution is 2.27. The Kier molecular flexibility index (Phi) is 4.20. The van der Waals surface area contributed by atoms with E-state index in [0.29, 0.717) is 11.7 Å². The van der Waals surface area contributed by atoms with E-state index in [2.05, 4.69) is 5.32 Å². The molecule has 0 saturated heterocycles. The predicted molar refractivity (Wildman–Crippen MR) is 70.3 cm³/mol. The fourth-order valence-electron chi connectivity index (χ4n) is 1.65. The summed E-state index contributed by atoms with van der Waals surface area (Å²) in [5, 5.41) is 2.86. The van der Waals surface area contributed by atoms with Crippen LogP contribution in [0.15, 0.2) is 24.3 Å². The van der Waals surface area contributed by atoms with Crippen LogP contribution in [0, 0.1) is 5.92 Å². The molecule has 0 heterocycles. The Morgan fingerprint density at radius 3 is 2.67 bits per heavy atom. The van der Waals surface area contributed by atoms with Gasteiger partial charge >= 0.3 is 0 Å². The molecule has 98 valence electrons. The zero-order chi connectivity index (χ0) is 13.0. The molecule has 1 aromatic rings. The van der Waals surface area contributed by atoms with Crippen LogP contribution in [0.2, 0.25) is 0 Å². The van der Waals surface area contributed by atoms with Crippen molar-refractivity contribution in [2.45, 2.75) is 25.8 Å². The Bertz CT molecular complexity index is 397. The van der Waals surface area contributed by atoms with E-state index in [9.17, 15) is 4.79 Å². The molecule has 4 heteroatoms. The number of nitrogens with two attached hydrogens (primary N) is 1. The first kappa shape index (κ1) is 12.9. The summed E-state index contributed by atoms with van der Waals surface area (Å²) in [6.07, 6.45) is 2.47. The molecule has 0 radical (unpaired) electrons. The van der Waals surface area contributed by atoms with Gasteiger partial charge in [-0.25, -0.2) is 0 Å². The van der Waals surface area contributed by atoms with E-state index < -0.39 is 0 Å². The van der Waals surface area contributed by atoms with Crippen LogP contribution in [0.4, 0.5) is 0 Å². The molecule has 0 spiro atoms. The zero-order valence-corrected chi connectivity index (χ0v) is 10.7. The molecule has 1 saturated carbocycles. The lowest BCUT2D eigenvalue weighted by Crippen LogP contribution is -2.30. The van der Waals surface area contributed by atoms with Gasteiger partial charge in [-0.2, -0.15) is 0 Å². The molecular weight excluding hydrogens is 228 g/mol. The van der Waals surface area contributed by atoms with E-state index >= 15 is 0 Å². The quantitative estimate of drug-likeness (QED) is 0.804. The van der Waals surface area contributed by atoms with Crippen molar-refractivity contribution < 1.29 is 9.53 Å². The monoisotopic (exact) mass is 248 g/mol. The number of rotatable bonds is 6. The van der Waals surface area contributed by atoms with Gasteiger partial charge in [0, 0.05) is 12.6 Å². The Morgan fingerprint density at radius 2 is 2.11 bits per heavy atom. The summed E-state index contributed by atoms with van der Waals surface area (Å²) in [7, 11) is 0. The number of carbonyl (C=O) groups excluding carboxylic acids is 1. The fraction of sp³-hybridized carbons (Fsp3) is 0.500. The normalized spacial score (nSPS) is 16.1. The number of benzene rings is 1. The summed E-state index contributed by atoms with van der Waals surface area (Å²) in [6.45, 7) is 2.79. The highest BCUT2D eigenvalue weighted by molar-refractivity contribution is 5.77. The molecule has 1 fully saturated rings. The lowest BCUT2D eigenvalue weighted by Gasteiger charge is -2.09. The van der Waals surface area contributed by atoms with Crippen molar-refractivity contribution in [2.24, 2.45) is 11.7 Å². The molecule has 0 aliphatic heterocycles. The molecule has 0 unspecified atom stereocenters. The summed E-state index contributed by atoms with van der Waals surface area (Å²) < 4.78 is 5.40. The number of amides is 1. The molecule has 3 N–H and O–H groups in total. The first-order valence-electron chi connectivity index (χ1n) is 6.40. The van der Waals surface area contributed by atoms with Crippen molar-refractivity contribution in [3.8, 4) is 5.75 Å². The summed E-state index contributed by atoms with van der Waals surface area (Å²) in [6, 6.07) is 7.53. The molecule has 1 aliphatic carbocycles. The van der Waals surface area contributed by atoms with Crippen LogP contribution >= 0.6 is 0 Å². The Labute approximate surface area is 108 Å². The van der Waals surface area contributed by atoms with Gasteiger partial charge in [-0.15, -0.1) is 0 Å². The Hall–Kier alpha value is -1.55. The first-order valence-corrected chi connectivity index (χ1v) is 6.40. The van der Waals surface area contributed by atoms with E-state index in [1.54, 1.807) is 0 Å². The van der Waals surface area contributed by atoms with Crippen molar-refractivity contribution in [3.05, 3.63) is 29.8 Å². The van der Waals surface area contributed by atoms with Crippen molar-refractivity contribution in [2.75, 3.05) is 13.2 Å². The van der Waals surface area contributed by atoms with Gasteiger partial charge in [0.05, 0.1) is 0 Å². The van der Waals surface area contributed by atoms with Crippen LogP contribution in [-0.4, -0.2) is 19.1 Å². The molecule has 1 aliphatic rings. The van der Waals surface area contributed by atoms with Gasteiger partial charge in [0.1, 0.15) is 5.75 Å². The van der Waals surface area contributed by atoms with Gasteiger partial charge in [0.15, 0.2) is 6.61 Å². The molecule has 18 heavy (non-hydrogen) atoms. The van der Waals surface area contributed by atoms with E-state index in [1.807, 2.05) is 31.2 Å². The summed E-state index contributed by atoms with van der Waals surface area (Å²) >= 11 is 0. The van der Waals surface area contributed by atoms with Crippen molar-refractivity contribution >= 4 is 5.91 Å². The van der Waals surface area contributed by atoms with E-state index in [4.69, 9.17) is 10.5 Å². The molecule has 1 amide bonds. The van der Waals surface area contributed by atoms with Crippen molar-refractivity contribution in [1.82, 2.24) is 5.32 Å². The van der Waals surface area contributed by atoms with E-state index in [-0.39, 0.29) is 18.6 Å². The van der Waals surface area contributed by atoms with Gasteiger partial charge in [-0.1, -0.05) is 12.1 Å². The maximum Gasteiger partial charge on any atom is 0.257 e. The Morgan fingerprint density at radius 1 is 1.44 bits per heavy atom. The predicted octanol–water partition coefficient (Wildman–Crippen LogP) is 1.61. The molecular formula is C14H20N2O2. The highest BCUT2D eigenvalue weighted by Gasteiger charge is 2.21. The summed E-state index contributed by atoms with van der Waals surface area (Å²) in [4.78, 5) is 11.5. The second-order valence-electron chi connectivity index (χ2n) is 4.89. The van der Waals surface area contributed by atoms with Crippen molar-refractivity contribution in [3.63, 3.8) is 0 Å². The Balaban J connectivity index is 1.73. The molecule has 0 bridgehead atoms. The number of carbonyl (C=O) groups is 1. The smallest absolute Gasteiger partial charge is 0.257 e. The van der Waals surface area contributed by atoms with E-state index in [1.165, 1.54) is 12.8 Å². The SMILES string of the molecule is C[C@@H](N)c1ccc(OCC(=O)NCC2CC2)cc1. The minimum atomic E-state index is -0.0573. The molecule has 2 rings (SSSR count). The fourth-order valence-corrected chi connectivity index (χ4v) is 1.65. The summed E-state index contributed by atoms with van der Waals surface area (Å²) in [5.74, 6) is 1.33. The number of hydrogen-bond donors (Lipinski definition) is 2. The molecule has 4 nitrogen and oxygen atoms in total. The van der Waals surface area contributed by atoms with Crippen LogP contribution in [-0.2, 0) is 4.79 Å². The zero-order valence-electron chi connectivity index (χ0n) is 10.7. The van der Waals surface area contributed by atoms with Gasteiger partial charge in [-0.05, 0) is 43.4 Å². The molecule has 0 aromatic heterocycles. The maximum absolute atomic E-state index is 11.5. The number of ether oxygens (including phenoxy) is 1. The number of hydrogen-bond acceptors (Lipinski definition) is 3. The van der Waals surface area contributed by atoms with Crippen LogP contribution in [0.1, 0.15) is 31.4 Å². The van der Waals surface area contributed by atoms with Gasteiger partial charge < -0.3 is 15.8 Å². The van der Waals surface area contributed by atoms with Gasteiger partial charge in [-0.3, -0.25) is 4.79 Å². The first-order chi connectivity index (χ1) is 8.65. The third-order valence-corrected chi connectivity index (χ3v) is 3.06. The van der Waals surface area contributed by atoms with Gasteiger partial charge in [0.25, 0.3) is 5.91 Å². The third-order valence-electron chi connectivity index (χ3n) is 3.06. The second kappa shape index (κ2) is 5.87. The standard InChI is InChI=1S/C14H20N2O2/c1-10(15)12-4-6-13(7-5-12)18-9-14(17)16-8-11-2-3-11/h4-7,10-11H,2-3,8-9,15H2,1H3,(H,16,17)/t10-/m1/s1. The maximum atomic E-state index is 11.5. The van der Waals surface area contributed by atoms with Crippen LogP contribution in [0.3, 0.4) is 0 Å². The average molecular weight is 248 g/mol. The third kappa shape index (κ3) is 4.04. The van der Waals surface area contributed by atoms with Crippen LogP contribution in [0.25, 0.3) is 0 Å². The minimum Gasteiger partial charge on any atom is -0.484 e. The topological polar surface area (TPSA) is 64.3 Å². The highest BCUT2D eigenvalue weighted by atomic mass is 16.5. The van der Waals surface area contributed by atoms with E-state index in [0.717, 1.165) is 12.1 Å². The molecule has 1 aromatic carbocycles. The second-order valence-corrected chi connectivity index (χ2v) is 4.89.